The van der Waals surface area contributed by atoms with E-state index in [1.165, 1.54) is 0 Å². The van der Waals surface area contributed by atoms with E-state index in [4.69, 9.17) is 5.84 Å². The summed E-state index contributed by atoms with van der Waals surface area (Å²) in [5.74, 6) is 5.54. The van der Waals surface area contributed by atoms with Gasteiger partial charge in [0.15, 0.2) is 0 Å². The molecule has 6 heteroatoms. The normalized spacial score (nSPS) is 12.7. The van der Waals surface area contributed by atoms with Gasteiger partial charge in [0.2, 0.25) is 0 Å². The van der Waals surface area contributed by atoms with Crippen LogP contribution in [-0.4, -0.2) is 19.7 Å². The second-order valence-electron chi connectivity index (χ2n) is 3.56. The molecule has 16 heavy (non-hydrogen) atoms. The van der Waals surface area contributed by atoms with Gasteiger partial charge in [-0.2, -0.15) is 5.10 Å². The summed E-state index contributed by atoms with van der Waals surface area (Å²) in [6.07, 6.45) is 5.16. The Hall–Kier alpha value is -1.79. The fourth-order valence-corrected chi connectivity index (χ4v) is 1.54. The van der Waals surface area contributed by atoms with Gasteiger partial charge in [-0.3, -0.25) is 20.5 Å². The van der Waals surface area contributed by atoms with Crippen LogP contribution in [0.1, 0.15) is 23.1 Å². The summed E-state index contributed by atoms with van der Waals surface area (Å²) < 4.78 is 1.76. The fraction of sp³-hybridized carbons (Fsp3) is 0.300. The Kier molecular flexibility index (Phi) is 2.93. The Bertz CT molecular complexity index is 460. The largest absolute Gasteiger partial charge is 0.271 e. The van der Waals surface area contributed by atoms with Crippen LogP contribution in [0.4, 0.5) is 0 Å². The lowest BCUT2D eigenvalue weighted by Crippen LogP contribution is -2.31. The van der Waals surface area contributed by atoms with Crippen molar-refractivity contribution in [2.45, 2.75) is 13.0 Å². The van der Waals surface area contributed by atoms with Crippen molar-refractivity contribution in [3.8, 4) is 0 Å². The van der Waals surface area contributed by atoms with Crippen molar-refractivity contribution in [1.29, 1.82) is 0 Å². The Morgan fingerprint density at radius 1 is 1.38 bits per heavy atom. The minimum atomic E-state index is -0.194. The number of hydrogen-bond donors (Lipinski definition) is 2. The first-order valence-electron chi connectivity index (χ1n) is 4.95. The average molecular weight is 218 g/mol. The molecule has 0 aliphatic carbocycles. The third-order valence-electron chi connectivity index (χ3n) is 2.42. The zero-order valence-corrected chi connectivity index (χ0v) is 9.25. The lowest BCUT2D eigenvalue weighted by molar-refractivity contribution is 0.561. The first kappa shape index (κ1) is 10.7. The van der Waals surface area contributed by atoms with Crippen molar-refractivity contribution in [3.63, 3.8) is 0 Å². The summed E-state index contributed by atoms with van der Waals surface area (Å²) in [7, 11) is 1.86. The Labute approximate surface area is 93.5 Å². The topological polar surface area (TPSA) is 81.6 Å². The first-order valence-corrected chi connectivity index (χ1v) is 4.95. The molecular formula is C10H14N6. The number of hydrazine groups is 1. The quantitative estimate of drug-likeness (QED) is 0.563. The minimum absolute atomic E-state index is 0.194. The standard InChI is InChI=1S/C10H14N6/c1-7-5-13-8(6-12-7)10(15-11)9-3-4-14-16(9)2/h3-6,10,15H,11H2,1-2H3. The van der Waals surface area contributed by atoms with E-state index in [9.17, 15) is 0 Å². The molecule has 2 heterocycles. The summed E-state index contributed by atoms with van der Waals surface area (Å²) in [5.41, 5.74) is 5.32. The van der Waals surface area contributed by atoms with Crippen LogP contribution in [0.3, 0.4) is 0 Å². The molecule has 1 atom stereocenters. The van der Waals surface area contributed by atoms with E-state index in [1.807, 2.05) is 20.0 Å². The molecule has 2 rings (SSSR count). The van der Waals surface area contributed by atoms with Gasteiger partial charge in [0.1, 0.15) is 6.04 Å². The minimum Gasteiger partial charge on any atom is -0.271 e. The third kappa shape index (κ3) is 1.93. The van der Waals surface area contributed by atoms with Crippen molar-refractivity contribution in [3.05, 3.63) is 41.7 Å². The van der Waals surface area contributed by atoms with E-state index in [2.05, 4.69) is 20.5 Å². The number of hydrogen-bond acceptors (Lipinski definition) is 5. The van der Waals surface area contributed by atoms with Crippen LogP contribution in [0.15, 0.2) is 24.7 Å². The summed E-state index contributed by atoms with van der Waals surface area (Å²) in [5, 5.41) is 4.10. The van der Waals surface area contributed by atoms with Crippen LogP contribution in [0.2, 0.25) is 0 Å². The van der Waals surface area contributed by atoms with Gasteiger partial charge >= 0.3 is 0 Å². The van der Waals surface area contributed by atoms with Gasteiger partial charge in [-0.25, -0.2) is 5.43 Å². The smallest absolute Gasteiger partial charge is 0.106 e. The molecule has 6 nitrogen and oxygen atoms in total. The summed E-state index contributed by atoms with van der Waals surface area (Å²) in [6.45, 7) is 1.89. The number of nitrogens with one attached hydrogen (secondary N) is 1. The van der Waals surface area contributed by atoms with Crippen LogP contribution >= 0.6 is 0 Å². The fourth-order valence-electron chi connectivity index (χ4n) is 1.54. The molecule has 0 saturated heterocycles. The third-order valence-corrected chi connectivity index (χ3v) is 2.42. The van der Waals surface area contributed by atoms with Gasteiger partial charge in [-0.1, -0.05) is 0 Å². The lowest BCUT2D eigenvalue weighted by atomic mass is 10.1. The van der Waals surface area contributed by atoms with E-state index < -0.39 is 0 Å². The highest BCUT2D eigenvalue weighted by molar-refractivity contribution is 5.19. The van der Waals surface area contributed by atoms with Crippen LogP contribution in [0.5, 0.6) is 0 Å². The first-order chi connectivity index (χ1) is 7.72. The highest BCUT2D eigenvalue weighted by Gasteiger charge is 2.17. The highest BCUT2D eigenvalue weighted by Crippen LogP contribution is 2.17. The molecule has 0 aliphatic heterocycles. The molecule has 0 bridgehead atoms. The van der Waals surface area contributed by atoms with Crippen LogP contribution in [-0.2, 0) is 7.05 Å². The predicted molar refractivity (Wildman–Crippen MR) is 59.1 cm³/mol. The number of nitrogens with two attached hydrogens (primary N) is 1. The maximum atomic E-state index is 5.54. The van der Waals surface area contributed by atoms with Gasteiger partial charge in [-0.15, -0.1) is 0 Å². The number of rotatable bonds is 3. The van der Waals surface area contributed by atoms with Gasteiger partial charge in [0, 0.05) is 19.4 Å². The van der Waals surface area contributed by atoms with E-state index in [1.54, 1.807) is 23.3 Å². The Morgan fingerprint density at radius 2 is 2.19 bits per heavy atom. The molecule has 3 N–H and O–H groups in total. The summed E-state index contributed by atoms with van der Waals surface area (Å²) in [4.78, 5) is 8.50. The van der Waals surface area contributed by atoms with Crippen LogP contribution in [0, 0.1) is 6.92 Å². The number of aromatic nitrogens is 4. The molecule has 0 radical (unpaired) electrons. The summed E-state index contributed by atoms with van der Waals surface area (Å²) >= 11 is 0. The molecule has 2 aromatic heterocycles. The molecular weight excluding hydrogens is 204 g/mol. The number of aryl methyl sites for hydroxylation is 2. The Balaban J connectivity index is 2.37. The molecule has 0 aromatic carbocycles. The molecule has 0 saturated carbocycles. The Morgan fingerprint density at radius 3 is 2.69 bits per heavy atom. The van der Waals surface area contributed by atoms with E-state index >= 15 is 0 Å². The molecule has 0 amide bonds. The molecule has 0 fully saturated rings. The van der Waals surface area contributed by atoms with E-state index in [0.717, 1.165) is 17.1 Å². The van der Waals surface area contributed by atoms with Crippen molar-refractivity contribution in [2.75, 3.05) is 0 Å². The van der Waals surface area contributed by atoms with Gasteiger partial charge in [0.05, 0.1) is 23.3 Å². The van der Waals surface area contributed by atoms with Gasteiger partial charge in [-0.05, 0) is 13.0 Å². The average Bonchev–Trinajstić information content (AvgIpc) is 2.69. The van der Waals surface area contributed by atoms with Crippen molar-refractivity contribution in [1.82, 2.24) is 25.2 Å². The maximum absolute atomic E-state index is 5.54. The zero-order valence-electron chi connectivity index (χ0n) is 9.25. The monoisotopic (exact) mass is 218 g/mol. The SMILES string of the molecule is Cc1cnc(C(NN)c2ccnn2C)cn1. The van der Waals surface area contributed by atoms with Gasteiger partial charge in [0.25, 0.3) is 0 Å². The summed E-state index contributed by atoms with van der Waals surface area (Å²) in [6, 6.07) is 1.70. The lowest BCUT2D eigenvalue weighted by Gasteiger charge is -2.15. The van der Waals surface area contributed by atoms with E-state index in [0.29, 0.717) is 0 Å². The van der Waals surface area contributed by atoms with E-state index in [-0.39, 0.29) is 6.04 Å². The number of nitrogens with zero attached hydrogens (tertiary/aromatic N) is 4. The molecule has 0 aliphatic rings. The molecule has 0 spiro atoms. The second kappa shape index (κ2) is 4.38. The molecule has 84 valence electrons. The van der Waals surface area contributed by atoms with Crippen molar-refractivity contribution >= 4 is 0 Å². The highest BCUT2D eigenvalue weighted by atomic mass is 15.3. The van der Waals surface area contributed by atoms with Crippen molar-refractivity contribution < 1.29 is 0 Å². The van der Waals surface area contributed by atoms with Crippen LogP contribution in [0.25, 0.3) is 0 Å². The van der Waals surface area contributed by atoms with Crippen molar-refractivity contribution in [2.24, 2.45) is 12.9 Å². The van der Waals surface area contributed by atoms with Gasteiger partial charge < -0.3 is 0 Å². The van der Waals surface area contributed by atoms with Crippen LogP contribution < -0.4 is 11.3 Å². The molecule has 1 unspecified atom stereocenters. The molecule has 2 aromatic rings. The maximum Gasteiger partial charge on any atom is 0.106 e. The zero-order chi connectivity index (χ0) is 11.5. The second-order valence-corrected chi connectivity index (χ2v) is 3.56. The predicted octanol–water partition coefficient (Wildman–Crippen LogP) is 0.0712.